The van der Waals surface area contributed by atoms with Gasteiger partial charge >= 0.3 is 6.18 Å². The van der Waals surface area contributed by atoms with Gasteiger partial charge in [0.05, 0.1) is 50.6 Å². The van der Waals surface area contributed by atoms with Crippen LogP contribution in [0.2, 0.25) is 0 Å². The molecular weight excluding hydrogens is 391 g/mol. The molecule has 4 rings (SSSR count). The summed E-state index contributed by atoms with van der Waals surface area (Å²) >= 11 is 0. The summed E-state index contributed by atoms with van der Waals surface area (Å²) in [6.07, 6.45) is -4.77. The number of alkyl halides is 3. The highest BCUT2D eigenvalue weighted by Crippen LogP contribution is 2.41. The van der Waals surface area contributed by atoms with E-state index in [0.717, 1.165) is 0 Å². The summed E-state index contributed by atoms with van der Waals surface area (Å²) in [5, 5.41) is 0. The topological polar surface area (TPSA) is 102 Å². The third-order valence-electron chi connectivity index (χ3n) is 5.37. The number of rotatable bonds is 3. The van der Waals surface area contributed by atoms with Crippen LogP contribution in [-0.2, 0) is 9.47 Å². The molecule has 3 aliphatic rings. The summed E-state index contributed by atoms with van der Waals surface area (Å²) in [6, 6.07) is 0. The third-order valence-corrected chi connectivity index (χ3v) is 5.37. The molecule has 2 fully saturated rings. The molecule has 2 unspecified atom stereocenters. The standard InChI is InChI=1S/C17H24F3N7O2/c18-17(19,20)12-9-13(21)22-10-11(12)14-23-15(26-1-5-28-6-2-26)25-16(24-14)27-3-7-29-8-4-27/h11-12H,1-10H2,(H2,21,22). The molecule has 1 aromatic rings. The molecule has 12 heteroatoms. The van der Waals surface area contributed by atoms with E-state index in [9.17, 15) is 13.2 Å². The Balaban J connectivity index is 1.72. The van der Waals surface area contributed by atoms with Crippen LogP contribution in [0.25, 0.3) is 0 Å². The van der Waals surface area contributed by atoms with Gasteiger partial charge in [-0.25, -0.2) is 0 Å². The van der Waals surface area contributed by atoms with E-state index in [1.807, 2.05) is 9.80 Å². The zero-order valence-corrected chi connectivity index (χ0v) is 15.9. The minimum absolute atomic E-state index is 0.0134. The van der Waals surface area contributed by atoms with Crippen LogP contribution >= 0.6 is 0 Å². The Hall–Kier alpha value is -2.21. The van der Waals surface area contributed by atoms with E-state index in [1.165, 1.54) is 0 Å². The Kier molecular flexibility index (Phi) is 5.72. The Labute approximate surface area is 166 Å². The van der Waals surface area contributed by atoms with E-state index in [2.05, 4.69) is 19.9 Å². The van der Waals surface area contributed by atoms with Gasteiger partial charge < -0.3 is 25.0 Å². The van der Waals surface area contributed by atoms with E-state index in [1.54, 1.807) is 0 Å². The lowest BCUT2D eigenvalue weighted by molar-refractivity contribution is -0.179. The van der Waals surface area contributed by atoms with Crippen molar-refractivity contribution in [2.45, 2.75) is 18.5 Å². The largest absolute Gasteiger partial charge is 0.393 e. The van der Waals surface area contributed by atoms with Gasteiger partial charge in [0, 0.05) is 32.6 Å². The van der Waals surface area contributed by atoms with Crippen LogP contribution in [0.4, 0.5) is 25.1 Å². The number of ether oxygens (including phenoxy) is 2. The molecule has 1 aromatic heterocycles. The highest BCUT2D eigenvalue weighted by atomic mass is 19.4. The number of nitrogens with zero attached hydrogens (tertiary/aromatic N) is 6. The number of aliphatic imine (C=N–C) groups is 1. The summed E-state index contributed by atoms with van der Waals surface area (Å²) in [5.74, 6) is -1.78. The summed E-state index contributed by atoms with van der Waals surface area (Å²) < 4.78 is 51.9. The smallest absolute Gasteiger partial charge is 0.387 e. The Morgan fingerprint density at radius 2 is 1.38 bits per heavy atom. The highest BCUT2D eigenvalue weighted by Gasteiger charge is 2.48. The van der Waals surface area contributed by atoms with E-state index >= 15 is 0 Å². The third kappa shape index (κ3) is 4.53. The number of hydrogen-bond acceptors (Lipinski definition) is 9. The molecule has 0 saturated carbocycles. The molecule has 0 radical (unpaired) electrons. The normalized spacial score (nSPS) is 26.4. The summed E-state index contributed by atoms with van der Waals surface area (Å²) in [5.41, 5.74) is 5.61. The Bertz CT molecular complexity index is 713. The van der Waals surface area contributed by atoms with Crippen LogP contribution in [0.5, 0.6) is 0 Å². The number of nitrogens with two attached hydrogens (primary N) is 1. The first-order valence-corrected chi connectivity index (χ1v) is 9.68. The quantitative estimate of drug-likeness (QED) is 0.765. The molecule has 2 atom stereocenters. The van der Waals surface area contributed by atoms with Gasteiger partial charge in [0.2, 0.25) is 11.9 Å². The highest BCUT2D eigenvalue weighted by molar-refractivity contribution is 5.81. The molecule has 29 heavy (non-hydrogen) atoms. The van der Waals surface area contributed by atoms with Crippen molar-refractivity contribution in [2.24, 2.45) is 16.6 Å². The number of amidine groups is 1. The van der Waals surface area contributed by atoms with E-state index < -0.39 is 18.0 Å². The zero-order valence-electron chi connectivity index (χ0n) is 15.9. The molecule has 2 N–H and O–H groups in total. The number of morpholine rings is 2. The predicted octanol–water partition coefficient (Wildman–Crippen LogP) is 0.568. The van der Waals surface area contributed by atoms with Crippen LogP contribution in [-0.4, -0.2) is 86.1 Å². The monoisotopic (exact) mass is 415 g/mol. The molecule has 160 valence electrons. The van der Waals surface area contributed by atoms with Crippen molar-refractivity contribution in [1.82, 2.24) is 15.0 Å². The minimum atomic E-state index is -4.42. The maximum absolute atomic E-state index is 13.7. The molecular formula is C17H24F3N7O2. The van der Waals surface area contributed by atoms with Crippen molar-refractivity contribution < 1.29 is 22.6 Å². The molecule has 3 aliphatic heterocycles. The van der Waals surface area contributed by atoms with Crippen LogP contribution in [0, 0.1) is 5.92 Å². The van der Waals surface area contributed by atoms with Crippen LogP contribution in [0.15, 0.2) is 4.99 Å². The SMILES string of the molecule is NC1=NCC(c2nc(N3CCOCC3)nc(N3CCOCC3)n2)C(C(F)(F)F)C1. The van der Waals surface area contributed by atoms with Crippen LogP contribution < -0.4 is 15.5 Å². The second kappa shape index (κ2) is 8.27. The first-order chi connectivity index (χ1) is 13.9. The molecule has 4 heterocycles. The lowest BCUT2D eigenvalue weighted by Gasteiger charge is -2.33. The van der Waals surface area contributed by atoms with E-state index in [-0.39, 0.29) is 24.6 Å². The molecule has 2 saturated heterocycles. The molecule has 0 spiro atoms. The molecule has 0 amide bonds. The van der Waals surface area contributed by atoms with Crippen molar-refractivity contribution >= 4 is 17.7 Å². The maximum atomic E-state index is 13.7. The average Bonchev–Trinajstić information content (AvgIpc) is 2.74. The number of hydrogen-bond donors (Lipinski definition) is 1. The van der Waals surface area contributed by atoms with E-state index in [4.69, 9.17) is 15.2 Å². The molecule has 0 bridgehead atoms. The fourth-order valence-corrected chi connectivity index (χ4v) is 3.73. The minimum Gasteiger partial charge on any atom is -0.387 e. The van der Waals surface area contributed by atoms with Gasteiger partial charge in [-0.2, -0.15) is 28.1 Å². The van der Waals surface area contributed by atoms with Crippen LogP contribution in [0.1, 0.15) is 18.2 Å². The van der Waals surface area contributed by atoms with Crippen molar-refractivity contribution in [3.05, 3.63) is 5.82 Å². The fraction of sp³-hybridized carbons (Fsp3) is 0.765. The Morgan fingerprint density at radius 3 is 1.86 bits per heavy atom. The summed E-state index contributed by atoms with van der Waals surface area (Å²) in [7, 11) is 0. The van der Waals surface area contributed by atoms with Crippen molar-refractivity contribution in [3.8, 4) is 0 Å². The number of halogens is 3. The van der Waals surface area contributed by atoms with Gasteiger partial charge in [0.25, 0.3) is 0 Å². The van der Waals surface area contributed by atoms with Gasteiger partial charge in [-0.15, -0.1) is 0 Å². The lowest BCUT2D eigenvalue weighted by Crippen LogP contribution is -2.42. The molecule has 9 nitrogen and oxygen atoms in total. The maximum Gasteiger partial charge on any atom is 0.393 e. The average molecular weight is 415 g/mol. The first-order valence-electron chi connectivity index (χ1n) is 9.68. The second-order valence-corrected chi connectivity index (χ2v) is 7.28. The van der Waals surface area contributed by atoms with E-state index in [0.29, 0.717) is 64.5 Å². The lowest BCUT2D eigenvalue weighted by atomic mass is 9.85. The van der Waals surface area contributed by atoms with Crippen molar-refractivity contribution in [1.29, 1.82) is 0 Å². The van der Waals surface area contributed by atoms with Crippen molar-refractivity contribution in [3.63, 3.8) is 0 Å². The van der Waals surface area contributed by atoms with Gasteiger partial charge in [0.15, 0.2) is 0 Å². The van der Waals surface area contributed by atoms with Gasteiger partial charge in [-0.3, -0.25) is 4.99 Å². The number of anilines is 2. The van der Waals surface area contributed by atoms with Gasteiger partial charge in [0.1, 0.15) is 5.82 Å². The molecule has 0 aromatic carbocycles. The first kappa shape index (κ1) is 20.1. The Morgan fingerprint density at radius 1 is 0.862 bits per heavy atom. The van der Waals surface area contributed by atoms with Gasteiger partial charge in [-0.05, 0) is 0 Å². The summed E-state index contributed by atoms with van der Waals surface area (Å²) in [6.45, 7) is 4.27. The summed E-state index contributed by atoms with van der Waals surface area (Å²) in [4.78, 5) is 21.3. The zero-order chi connectivity index (χ0) is 20.4. The van der Waals surface area contributed by atoms with Gasteiger partial charge in [-0.1, -0.05) is 0 Å². The number of aromatic nitrogens is 3. The van der Waals surface area contributed by atoms with Crippen molar-refractivity contribution in [2.75, 3.05) is 69.0 Å². The molecule has 0 aliphatic carbocycles. The van der Waals surface area contributed by atoms with Crippen LogP contribution in [0.3, 0.4) is 0 Å². The second-order valence-electron chi connectivity index (χ2n) is 7.28. The fourth-order valence-electron chi connectivity index (χ4n) is 3.73. The predicted molar refractivity (Wildman–Crippen MR) is 99.3 cm³/mol.